The normalized spacial score (nSPS) is 27.8. The van der Waals surface area contributed by atoms with Crippen molar-refractivity contribution >= 4 is 11.6 Å². The number of morpholine rings is 1. The van der Waals surface area contributed by atoms with E-state index in [1.165, 1.54) is 11.3 Å². The van der Waals surface area contributed by atoms with E-state index in [1.807, 2.05) is 6.92 Å². The number of ether oxygens (including phenoxy) is 1. The fourth-order valence-electron chi connectivity index (χ4n) is 3.77. The first kappa shape index (κ1) is 15.3. The molecule has 2 heterocycles. The molecule has 2 aliphatic heterocycles. The minimum Gasteiger partial charge on any atom is -0.371 e. The van der Waals surface area contributed by atoms with E-state index < -0.39 is 0 Å². The summed E-state index contributed by atoms with van der Waals surface area (Å²) in [7, 11) is 0. The Morgan fingerprint density at radius 1 is 1.27 bits per heavy atom. The van der Waals surface area contributed by atoms with Gasteiger partial charge in [-0.05, 0) is 44.7 Å². The molecule has 1 N–H and O–H groups in total. The third-order valence-corrected chi connectivity index (χ3v) is 5.25. The molecule has 0 saturated carbocycles. The van der Waals surface area contributed by atoms with Gasteiger partial charge in [-0.1, -0.05) is 25.1 Å². The molecule has 0 radical (unpaired) electrons. The van der Waals surface area contributed by atoms with Crippen molar-refractivity contribution in [2.45, 2.75) is 57.8 Å². The lowest BCUT2D eigenvalue weighted by Crippen LogP contribution is -2.65. The van der Waals surface area contributed by atoms with E-state index >= 15 is 0 Å². The highest BCUT2D eigenvalue weighted by Crippen LogP contribution is 2.36. The van der Waals surface area contributed by atoms with Crippen molar-refractivity contribution in [1.29, 1.82) is 0 Å². The maximum absolute atomic E-state index is 11.8. The average Bonchev–Trinajstić information content (AvgIpc) is 2.54. The quantitative estimate of drug-likeness (QED) is 0.912. The summed E-state index contributed by atoms with van der Waals surface area (Å²) >= 11 is 0. The lowest BCUT2D eigenvalue weighted by Gasteiger charge is -2.50. The first-order valence-electron chi connectivity index (χ1n) is 8.37. The number of benzene rings is 1. The van der Waals surface area contributed by atoms with Crippen molar-refractivity contribution in [1.82, 2.24) is 5.32 Å². The van der Waals surface area contributed by atoms with Gasteiger partial charge in [-0.3, -0.25) is 4.79 Å². The molecule has 4 nitrogen and oxygen atoms in total. The van der Waals surface area contributed by atoms with Gasteiger partial charge in [-0.15, -0.1) is 0 Å². The number of rotatable bonds is 2. The Labute approximate surface area is 132 Å². The number of aryl methyl sites for hydroxylation is 1. The van der Waals surface area contributed by atoms with Crippen LogP contribution in [-0.2, 0) is 16.0 Å². The number of amides is 1. The van der Waals surface area contributed by atoms with Crippen LogP contribution in [0.2, 0.25) is 0 Å². The van der Waals surface area contributed by atoms with Gasteiger partial charge < -0.3 is 15.0 Å². The van der Waals surface area contributed by atoms with Crippen LogP contribution < -0.4 is 10.2 Å². The number of nitrogens with zero attached hydrogens (tertiary/aromatic N) is 1. The molecule has 0 bridgehead atoms. The molecule has 1 aromatic carbocycles. The highest BCUT2D eigenvalue weighted by molar-refractivity contribution is 5.81. The predicted molar refractivity (Wildman–Crippen MR) is 88.1 cm³/mol. The molecule has 2 saturated heterocycles. The van der Waals surface area contributed by atoms with E-state index in [1.54, 1.807) is 0 Å². The molecule has 4 heteroatoms. The number of anilines is 1. The molecule has 1 amide bonds. The van der Waals surface area contributed by atoms with Gasteiger partial charge in [0.2, 0.25) is 5.91 Å². The zero-order chi connectivity index (χ0) is 15.7. The van der Waals surface area contributed by atoms with Crippen LogP contribution in [0.4, 0.5) is 5.69 Å². The van der Waals surface area contributed by atoms with Crippen molar-refractivity contribution in [3.05, 3.63) is 29.8 Å². The summed E-state index contributed by atoms with van der Waals surface area (Å²) in [5.74, 6) is 0.0110. The maximum Gasteiger partial charge on any atom is 0.249 e. The zero-order valence-corrected chi connectivity index (χ0v) is 13.8. The van der Waals surface area contributed by atoms with Crippen LogP contribution in [0.15, 0.2) is 24.3 Å². The minimum atomic E-state index is -0.342. The van der Waals surface area contributed by atoms with Gasteiger partial charge >= 0.3 is 0 Å². The second-order valence-corrected chi connectivity index (χ2v) is 6.52. The van der Waals surface area contributed by atoms with Crippen molar-refractivity contribution in [3.8, 4) is 0 Å². The minimum absolute atomic E-state index is 0.0110. The molecular formula is C18H26N2O2. The van der Waals surface area contributed by atoms with Gasteiger partial charge in [0.1, 0.15) is 6.10 Å². The van der Waals surface area contributed by atoms with Gasteiger partial charge in [-0.2, -0.15) is 0 Å². The fraction of sp³-hybridized carbons (Fsp3) is 0.611. The predicted octanol–water partition coefficient (Wildman–Crippen LogP) is 2.51. The number of para-hydroxylation sites is 1. The summed E-state index contributed by atoms with van der Waals surface area (Å²) in [6.07, 6.45) is 2.62. The SMILES string of the molecule is CCc1ccccc1N1CCC2(CC1)OC(C)C(=O)NC2C. The van der Waals surface area contributed by atoms with Gasteiger partial charge in [0, 0.05) is 18.8 Å². The average molecular weight is 302 g/mol. The highest BCUT2D eigenvalue weighted by Gasteiger charge is 2.46. The zero-order valence-electron chi connectivity index (χ0n) is 13.8. The lowest BCUT2D eigenvalue weighted by molar-refractivity contribution is -0.172. The van der Waals surface area contributed by atoms with Crippen LogP contribution in [0.5, 0.6) is 0 Å². The largest absolute Gasteiger partial charge is 0.371 e. The molecule has 2 unspecified atom stereocenters. The van der Waals surface area contributed by atoms with Crippen molar-refractivity contribution in [2.24, 2.45) is 0 Å². The molecule has 22 heavy (non-hydrogen) atoms. The highest BCUT2D eigenvalue weighted by atomic mass is 16.5. The van der Waals surface area contributed by atoms with E-state index in [0.717, 1.165) is 32.4 Å². The first-order valence-corrected chi connectivity index (χ1v) is 8.37. The Balaban J connectivity index is 1.73. The topological polar surface area (TPSA) is 41.6 Å². The maximum atomic E-state index is 11.8. The van der Waals surface area contributed by atoms with E-state index in [-0.39, 0.29) is 23.7 Å². The van der Waals surface area contributed by atoms with Crippen LogP contribution in [0.25, 0.3) is 0 Å². The van der Waals surface area contributed by atoms with Crippen LogP contribution in [-0.4, -0.2) is 36.7 Å². The Kier molecular flexibility index (Phi) is 4.13. The van der Waals surface area contributed by atoms with Crippen LogP contribution in [0.3, 0.4) is 0 Å². The van der Waals surface area contributed by atoms with Gasteiger partial charge in [0.25, 0.3) is 0 Å². The third-order valence-electron chi connectivity index (χ3n) is 5.25. The second-order valence-electron chi connectivity index (χ2n) is 6.52. The van der Waals surface area contributed by atoms with Crippen LogP contribution in [0, 0.1) is 0 Å². The van der Waals surface area contributed by atoms with Crippen molar-refractivity contribution in [2.75, 3.05) is 18.0 Å². The monoisotopic (exact) mass is 302 g/mol. The first-order chi connectivity index (χ1) is 10.6. The molecule has 2 aliphatic rings. The number of hydrogen-bond acceptors (Lipinski definition) is 3. The van der Waals surface area contributed by atoms with Crippen LogP contribution in [0.1, 0.15) is 39.2 Å². The number of nitrogens with one attached hydrogen (secondary N) is 1. The standard InChI is InChI=1S/C18H26N2O2/c1-4-15-7-5-6-8-16(15)20-11-9-18(10-12-20)14(3)19-17(21)13(2)22-18/h5-8,13-14H,4,9-12H2,1-3H3,(H,19,21). The molecule has 1 spiro atoms. The van der Waals surface area contributed by atoms with E-state index in [0.29, 0.717) is 0 Å². The Morgan fingerprint density at radius 3 is 2.64 bits per heavy atom. The molecule has 2 atom stereocenters. The fourth-order valence-corrected chi connectivity index (χ4v) is 3.77. The number of hydrogen-bond donors (Lipinski definition) is 1. The van der Waals surface area contributed by atoms with Crippen molar-refractivity contribution < 1.29 is 9.53 Å². The van der Waals surface area contributed by atoms with E-state index in [9.17, 15) is 4.79 Å². The lowest BCUT2D eigenvalue weighted by atomic mass is 9.82. The molecule has 0 aliphatic carbocycles. The van der Waals surface area contributed by atoms with Gasteiger partial charge in [-0.25, -0.2) is 0 Å². The Bertz CT molecular complexity index is 550. The van der Waals surface area contributed by atoms with Crippen LogP contribution >= 0.6 is 0 Å². The summed E-state index contributed by atoms with van der Waals surface area (Å²) in [5, 5.41) is 3.08. The third kappa shape index (κ3) is 2.60. The summed E-state index contributed by atoms with van der Waals surface area (Å²) < 4.78 is 6.14. The molecule has 120 valence electrons. The molecule has 1 aromatic rings. The summed E-state index contributed by atoms with van der Waals surface area (Å²) in [5.41, 5.74) is 2.54. The smallest absolute Gasteiger partial charge is 0.249 e. The number of piperidine rings is 1. The molecule has 2 fully saturated rings. The summed E-state index contributed by atoms with van der Waals surface area (Å²) in [6.45, 7) is 8.07. The van der Waals surface area contributed by atoms with E-state index in [4.69, 9.17) is 4.74 Å². The summed E-state index contributed by atoms with van der Waals surface area (Å²) in [6, 6.07) is 8.73. The number of carbonyl (C=O) groups is 1. The Morgan fingerprint density at radius 2 is 1.95 bits per heavy atom. The number of carbonyl (C=O) groups excluding carboxylic acids is 1. The molecular weight excluding hydrogens is 276 g/mol. The van der Waals surface area contributed by atoms with Crippen molar-refractivity contribution in [3.63, 3.8) is 0 Å². The Hall–Kier alpha value is -1.55. The summed E-state index contributed by atoms with van der Waals surface area (Å²) in [4.78, 5) is 14.2. The van der Waals surface area contributed by atoms with Gasteiger partial charge in [0.15, 0.2) is 0 Å². The molecule has 0 aromatic heterocycles. The second kappa shape index (κ2) is 5.92. The van der Waals surface area contributed by atoms with Gasteiger partial charge in [0.05, 0.1) is 11.6 Å². The molecule has 3 rings (SSSR count). The van der Waals surface area contributed by atoms with E-state index in [2.05, 4.69) is 48.3 Å².